The Kier molecular flexibility index (Phi) is 5.91. The monoisotopic (exact) mass is 369 g/mol. The number of nitrogens with zero attached hydrogens (tertiary/aromatic N) is 4. The number of anilines is 2. The summed E-state index contributed by atoms with van der Waals surface area (Å²) in [5.41, 5.74) is 1.08. The van der Waals surface area contributed by atoms with E-state index in [0.29, 0.717) is 17.2 Å². The van der Waals surface area contributed by atoms with Crippen LogP contribution in [0.15, 0.2) is 30.3 Å². The lowest BCUT2D eigenvalue weighted by Gasteiger charge is -2.33. The molecule has 1 saturated heterocycles. The van der Waals surface area contributed by atoms with Gasteiger partial charge in [-0.05, 0) is 52.1 Å². The van der Waals surface area contributed by atoms with Crippen molar-refractivity contribution in [3.05, 3.63) is 41.9 Å². The SMILES string of the molecule is Cc1nc(C(=O)Nc2ccc(OC(C)C)cc2)cc(N2CCN(C)CC2)n1. The van der Waals surface area contributed by atoms with E-state index < -0.39 is 0 Å². The number of aromatic nitrogens is 2. The van der Waals surface area contributed by atoms with Gasteiger partial charge in [0.15, 0.2) is 0 Å². The van der Waals surface area contributed by atoms with Crippen LogP contribution in [0, 0.1) is 6.92 Å². The van der Waals surface area contributed by atoms with E-state index in [1.54, 1.807) is 6.07 Å². The van der Waals surface area contributed by atoms with Crippen molar-refractivity contribution in [3.63, 3.8) is 0 Å². The molecular formula is C20H27N5O2. The van der Waals surface area contributed by atoms with E-state index in [1.807, 2.05) is 45.0 Å². The van der Waals surface area contributed by atoms with Crippen molar-refractivity contribution in [1.29, 1.82) is 0 Å². The lowest BCUT2D eigenvalue weighted by molar-refractivity contribution is 0.102. The van der Waals surface area contributed by atoms with Gasteiger partial charge in [-0.2, -0.15) is 0 Å². The first-order chi connectivity index (χ1) is 12.9. The van der Waals surface area contributed by atoms with Crippen LogP contribution in [0.5, 0.6) is 5.75 Å². The molecule has 1 amide bonds. The highest BCUT2D eigenvalue weighted by atomic mass is 16.5. The number of carbonyl (C=O) groups excluding carboxylic acids is 1. The summed E-state index contributed by atoms with van der Waals surface area (Å²) >= 11 is 0. The summed E-state index contributed by atoms with van der Waals surface area (Å²) < 4.78 is 5.62. The molecule has 2 aromatic rings. The van der Waals surface area contributed by atoms with Crippen LogP contribution in [-0.4, -0.2) is 60.1 Å². The molecule has 0 aliphatic carbocycles. The van der Waals surface area contributed by atoms with Gasteiger partial charge in [-0.3, -0.25) is 4.79 Å². The van der Waals surface area contributed by atoms with Crippen LogP contribution < -0.4 is 15.0 Å². The third-order valence-corrected chi connectivity index (χ3v) is 4.37. The maximum atomic E-state index is 12.7. The molecule has 3 rings (SSSR count). The second-order valence-electron chi connectivity index (χ2n) is 7.09. The molecule has 1 N–H and O–H groups in total. The molecule has 1 aliphatic heterocycles. The summed E-state index contributed by atoms with van der Waals surface area (Å²) in [5.74, 6) is 1.94. The number of hydrogen-bond donors (Lipinski definition) is 1. The molecular weight excluding hydrogens is 342 g/mol. The van der Waals surface area contributed by atoms with Crippen molar-refractivity contribution in [1.82, 2.24) is 14.9 Å². The average molecular weight is 369 g/mol. The fourth-order valence-electron chi connectivity index (χ4n) is 2.95. The minimum absolute atomic E-state index is 0.113. The quantitative estimate of drug-likeness (QED) is 0.874. The lowest BCUT2D eigenvalue weighted by Crippen LogP contribution is -2.45. The van der Waals surface area contributed by atoms with Gasteiger partial charge in [-0.1, -0.05) is 0 Å². The molecule has 1 aromatic heterocycles. The average Bonchev–Trinajstić information content (AvgIpc) is 2.63. The van der Waals surface area contributed by atoms with Crippen LogP contribution in [0.25, 0.3) is 0 Å². The van der Waals surface area contributed by atoms with E-state index in [9.17, 15) is 4.79 Å². The fraction of sp³-hybridized carbons (Fsp3) is 0.450. The third kappa shape index (κ3) is 5.17. The maximum Gasteiger partial charge on any atom is 0.274 e. The van der Waals surface area contributed by atoms with Crippen molar-refractivity contribution in [2.24, 2.45) is 0 Å². The summed E-state index contributed by atoms with van der Waals surface area (Å²) in [6.45, 7) is 9.52. The number of likely N-dealkylation sites (N-methyl/N-ethyl adjacent to an activating group) is 1. The van der Waals surface area contributed by atoms with Crippen LogP contribution in [-0.2, 0) is 0 Å². The van der Waals surface area contributed by atoms with Crippen LogP contribution in [0.1, 0.15) is 30.2 Å². The number of carbonyl (C=O) groups is 1. The van der Waals surface area contributed by atoms with Crippen molar-refractivity contribution < 1.29 is 9.53 Å². The van der Waals surface area contributed by atoms with Crippen LogP contribution >= 0.6 is 0 Å². The lowest BCUT2D eigenvalue weighted by atomic mass is 10.2. The minimum atomic E-state index is -0.242. The van der Waals surface area contributed by atoms with Crippen LogP contribution in [0.2, 0.25) is 0 Å². The van der Waals surface area contributed by atoms with Gasteiger partial charge in [0.25, 0.3) is 5.91 Å². The summed E-state index contributed by atoms with van der Waals surface area (Å²) in [4.78, 5) is 26.0. The van der Waals surface area contributed by atoms with E-state index in [4.69, 9.17) is 4.74 Å². The summed E-state index contributed by atoms with van der Waals surface area (Å²) in [5, 5.41) is 2.89. The summed E-state index contributed by atoms with van der Waals surface area (Å²) in [7, 11) is 2.11. The number of ether oxygens (including phenoxy) is 1. The Morgan fingerprint density at radius 1 is 1.11 bits per heavy atom. The Morgan fingerprint density at radius 2 is 1.78 bits per heavy atom. The zero-order valence-corrected chi connectivity index (χ0v) is 16.4. The number of hydrogen-bond acceptors (Lipinski definition) is 6. The smallest absolute Gasteiger partial charge is 0.274 e. The second-order valence-corrected chi connectivity index (χ2v) is 7.09. The van der Waals surface area contributed by atoms with E-state index in [0.717, 1.165) is 37.7 Å². The molecule has 144 valence electrons. The zero-order valence-electron chi connectivity index (χ0n) is 16.4. The Bertz CT molecular complexity index is 783. The second kappa shape index (κ2) is 8.35. The Balaban J connectivity index is 1.71. The molecule has 1 aliphatic rings. The third-order valence-electron chi connectivity index (χ3n) is 4.37. The number of rotatable bonds is 5. The normalized spacial score (nSPS) is 15.1. The largest absolute Gasteiger partial charge is 0.491 e. The molecule has 1 aromatic carbocycles. The van der Waals surface area contributed by atoms with Gasteiger partial charge in [0.2, 0.25) is 0 Å². The number of nitrogens with one attached hydrogen (secondary N) is 1. The Morgan fingerprint density at radius 3 is 2.41 bits per heavy atom. The molecule has 7 nitrogen and oxygen atoms in total. The van der Waals surface area contributed by atoms with Crippen LogP contribution in [0.4, 0.5) is 11.5 Å². The van der Waals surface area contributed by atoms with Gasteiger partial charge in [-0.25, -0.2) is 9.97 Å². The van der Waals surface area contributed by atoms with Crippen molar-refractivity contribution in [2.75, 3.05) is 43.4 Å². The van der Waals surface area contributed by atoms with Gasteiger partial charge in [0.05, 0.1) is 6.10 Å². The molecule has 0 radical (unpaired) electrons. The predicted molar refractivity (Wildman–Crippen MR) is 107 cm³/mol. The highest BCUT2D eigenvalue weighted by Crippen LogP contribution is 2.19. The number of amides is 1. The molecule has 1 fully saturated rings. The number of aryl methyl sites for hydroxylation is 1. The molecule has 0 saturated carbocycles. The minimum Gasteiger partial charge on any atom is -0.491 e. The Hall–Kier alpha value is -2.67. The fourth-order valence-corrected chi connectivity index (χ4v) is 2.95. The first-order valence-corrected chi connectivity index (χ1v) is 9.28. The molecule has 0 bridgehead atoms. The van der Waals surface area contributed by atoms with E-state index in [2.05, 4.69) is 32.1 Å². The van der Waals surface area contributed by atoms with Crippen LogP contribution in [0.3, 0.4) is 0 Å². The van der Waals surface area contributed by atoms with E-state index in [1.165, 1.54) is 0 Å². The Labute approximate surface area is 160 Å². The molecule has 0 atom stereocenters. The number of benzene rings is 1. The first kappa shape index (κ1) is 19.1. The van der Waals surface area contributed by atoms with Crippen molar-refractivity contribution in [2.45, 2.75) is 26.9 Å². The summed E-state index contributed by atoms with van der Waals surface area (Å²) in [6.07, 6.45) is 0.113. The molecule has 27 heavy (non-hydrogen) atoms. The maximum absolute atomic E-state index is 12.7. The van der Waals surface area contributed by atoms with Crippen molar-refractivity contribution in [3.8, 4) is 5.75 Å². The molecule has 0 unspecified atom stereocenters. The number of piperazine rings is 1. The summed E-state index contributed by atoms with van der Waals surface area (Å²) in [6, 6.07) is 9.10. The van der Waals surface area contributed by atoms with Gasteiger partial charge in [-0.15, -0.1) is 0 Å². The highest BCUT2D eigenvalue weighted by molar-refractivity contribution is 6.03. The first-order valence-electron chi connectivity index (χ1n) is 9.28. The van der Waals surface area contributed by atoms with E-state index >= 15 is 0 Å². The standard InChI is InChI=1S/C20H27N5O2/c1-14(2)27-17-7-5-16(6-8-17)23-20(26)18-13-19(22-15(3)21-18)25-11-9-24(4)10-12-25/h5-8,13-14H,9-12H2,1-4H3,(H,23,26). The molecule has 7 heteroatoms. The zero-order chi connectivity index (χ0) is 19.4. The van der Waals surface area contributed by atoms with Gasteiger partial charge < -0.3 is 19.9 Å². The predicted octanol–water partition coefficient (Wildman–Crippen LogP) is 2.58. The van der Waals surface area contributed by atoms with Gasteiger partial charge in [0.1, 0.15) is 23.1 Å². The topological polar surface area (TPSA) is 70.6 Å². The van der Waals surface area contributed by atoms with Gasteiger partial charge >= 0.3 is 0 Å². The van der Waals surface area contributed by atoms with E-state index in [-0.39, 0.29) is 12.0 Å². The highest BCUT2D eigenvalue weighted by Gasteiger charge is 2.18. The molecule has 2 heterocycles. The van der Waals surface area contributed by atoms with Crippen molar-refractivity contribution >= 4 is 17.4 Å². The van der Waals surface area contributed by atoms with Gasteiger partial charge in [0, 0.05) is 37.9 Å². The molecule has 0 spiro atoms.